The van der Waals surface area contributed by atoms with E-state index >= 15 is 0 Å². The fourth-order valence-corrected chi connectivity index (χ4v) is 5.52. The lowest BCUT2D eigenvalue weighted by Gasteiger charge is -2.39. The van der Waals surface area contributed by atoms with Crippen LogP contribution in [0.1, 0.15) is 155 Å². The van der Waals surface area contributed by atoms with Gasteiger partial charge in [0.15, 0.2) is 0 Å². The molecule has 0 saturated heterocycles. The average Bonchev–Trinajstić information content (AvgIpc) is 2.91. The van der Waals surface area contributed by atoms with Crippen LogP contribution < -0.4 is 0 Å². The minimum atomic E-state index is -0.768. The molecule has 0 aliphatic heterocycles. The zero-order valence-electron chi connectivity index (χ0n) is 25.8. The van der Waals surface area contributed by atoms with Crippen molar-refractivity contribution in [2.45, 2.75) is 155 Å². The van der Waals surface area contributed by atoms with Crippen molar-refractivity contribution in [1.82, 2.24) is 0 Å². The van der Waals surface area contributed by atoms with E-state index in [4.69, 9.17) is 15.3 Å². The van der Waals surface area contributed by atoms with Gasteiger partial charge in [0.1, 0.15) is 0 Å². The molecule has 0 unspecified atom stereocenters. The van der Waals surface area contributed by atoms with Crippen molar-refractivity contribution < 1.29 is 34.2 Å². The first-order chi connectivity index (χ1) is 19.3. The van der Waals surface area contributed by atoms with Gasteiger partial charge in [-0.2, -0.15) is 0 Å². The first kappa shape index (κ1) is 38.1. The third kappa shape index (κ3) is 26.3. The third-order valence-corrected chi connectivity index (χ3v) is 7.96. The molecule has 0 aliphatic rings. The van der Waals surface area contributed by atoms with Crippen molar-refractivity contribution in [2.24, 2.45) is 0 Å². The van der Waals surface area contributed by atoms with E-state index in [0.717, 1.165) is 56.3 Å². The van der Waals surface area contributed by atoms with Crippen LogP contribution in [0.2, 0.25) is 0 Å². The van der Waals surface area contributed by atoms with Crippen molar-refractivity contribution >= 4 is 17.9 Å². The Balaban J connectivity index is 4.43. The summed E-state index contributed by atoms with van der Waals surface area (Å²) >= 11 is 0. The van der Waals surface area contributed by atoms with Crippen LogP contribution >= 0.6 is 0 Å². The maximum atomic E-state index is 11.0. The molecule has 0 aromatic heterocycles. The number of quaternary nitrogens is 1. The molecule has 0 radical (unpaired) electrons. The Kier molecular flexibility index (Phi) is 26.0. The van der Waals surface area contributed by atoms with E-state index in [0.29, 0.717) is 19.3 Å². The molecule has 3 N–H and O–H groups in total. The first-order valence-corrected chi connectivity index (χ1v) is 16.5. The molecule has 0 aliphatic carbocycles. The van der Waals surface area contributed by atoms with Crippen LogP contribution in [-0.2, 0) is 14.4 Å². The normalized spacial score (nSPS) is 11.8. The maximum Gasteiger partial charge on any atom is 0.303 e. The molecule has 0 amide bonds. The molecule has 0 atom stereocenters. The van der Waals surface area contributed by atoms with Crippen molar-refractivity contribution in [2.75, 3.05) is 26.2 Å². The van der Waals surface area contributed by atoms with Gasteiger partial charge >= 0.3 is 17.9 Å². The SMILES string of the molecule is CCCC/C=C/CCCCCCCCCCCC[N+](CCCCC(=O)O)(CCCCC(=O)O)CCCCC(=O)O. The predicted molar refractivity (Wildman–Crippen MR) is 164 cm³/mol. The van der Waals surface area contributed by atoms with Gasteiger partial charge in [0.05, 0.1) is 26.2 Å². The fourth-order valence-electron chi connectivity index (χ4n) is 5.52. The summed E-state index contributed by atoms with van der Waals surface area (Å²) in [6.45, 7) is 5.92. The first-order valence-electron chi connectivity index (χ1n) is 16.5. The molecule has 0 fully saturated rings. The lowest BCUT2D eigenvalue weighted by molar-refractivity contribution is -0.929. The van der Waals surface area contributed by atoms with Gasteiger partial charge in [-0.25, -0.2) is 0 Å². The van der Waals surface area contributed by atoms with Crippen molar-refractivity contribution in [3.8, 4) is 0 Å². The van der Waals surface area contributed by atoms with Gasteiger partial charge in [0.2, 0.25) is 0 Å². The van der Waals surface area contributed by atoms with Gasteiger partial charge in [-0.1, -0.05) is 76.9 Å². The summed E-state index contributed by atoms with van der Waals surface area (Å²) in [7, 11) is 0. The Morgan fingerprint density at radius 3 is 1.10 bits per heavy atom. The van der Waals surface area contributed by atoms with Gasteiger partial charge in [-0.15, -0.1) is 0 Å². The Labute approximate surface area is 245 Å². The number of hydrogen-bond acceptors (Lipinski definition) is 3. The minimum absolute atomic E-state index is 0.175. The quantitative estimate of drug-likeness (QED) is 0.0438. The van der Waals surface area contributed by atoms with Gasteiger partial charge in [-0.05, 0) is 70.6 Å². The highest BCUT2D eigenvalue weighted by atomic mass is 16.4. The lowest BCUT2D eigenvalue weighted by atomic mass is 10.0. The Hall–Kier alpha value is -1.89. The molecule has 0 heterocycles. The van der Waals surface area contributed by atoms with E-state index in [-0.39, 0.29) is 19.3 Å². The molecule has 0 saturated carbocycles. The van der Waals surface area contributed by atoms with E-state index in [1.807, 2.05) is 0 Å². The number of carbonyl (C=O) groups is 3. The molecule has 0 spiro atoms. The van der Waals surface area contributed by atoms with Gasteiger partial charge in [0, 0.05) is 19.3 Å². The largest absolute Gasteiger partial charge is 0.481 e. The molecule has 234 valence electrons. The monoisotopic (exact) mass is 568 g/mol. The molecule has 40 heavy (non-hydrogen) atoms. The number of carboxylic acid groups (broad SMARTS) is 3. The average molecular weight is 569 g/mol. The van der Waals surface area contributed by atoms with Gasteiger partial charge in [-0.3, -0.25) is 14.4 Å². The molecule has 0 aromatic rings. The highest BCUT2D eigenvalue weighted by Gasteiger charge is 2.26. The van der Waals surface area contributed by atoms with Crippen LogP contribution in [0.5, 0.6) is 0 Å². The zero-order valence-corrected chi connectivity index (χ0v) is 25.8. The smallest absolute Gasteiger partial charge is 0.303 e. The number of rotatable bonds is 31. The van der Waals surface area contributed by atoms with Crippen molar-refractivity contribution in [1.29, 1.82) is 0 Å². The summed E-state index contributed by atoms with van der Waals surface area (Å²) in [5, 5.41) is 27.1. The van der Waals surface area contributed by atoms with Crippen LogP contribution in [0.15, 0.2) is 12.2 Å². The van der Waals surface area contributed by atoms with E-state index in [9.17, 15) is 14.4 Å². The number of carboxylic acids is 3. The van der Waals surface area contributed by atoms with Crippen molar-refractivity contribution in [3.05, 3.63) is 12.2 Å². The summed E-state index contributed by atoms with van der Waals surface area (Å²) in [6, 6.07) is 0. The van der Waals surface area contributed by atoms with Crippen molar-refractivity contribution in [3.63, 3.8) is 0 Å². The summed E-state index contributed by atoms with van der Waals surface area (Å²) in [6.07, 6.45) is 27.4. The lowest BCUT2D eigenvalue weighted by Crippen LogP contribution is -2.51. The predicted octanol–water partition coefficient (Wildman–Crippen LogP) is 8.61. The number of aliphatic carboxylic acids is 3. The van der Waals surface area contributed by atoms with Crippen LogP contribution in [0.25, 0.3) is 0 Å². The van der Waals surface area contributed by atoms with Crippen LogP contribution in [0.4, 0.5) is 0 Å². The van der Waals surface area contributed by atoms with Gasteiger partial charge in [0.25, 0.3) is 0 Å². The second kappa shape index (κ2) is 27.3. The molecular formula is C33H62NO6+. The van der Waals surface area contributed by atoms with Crippen LogP contribution in [0.3, 0.4) is 0 Å². The minimum Gasteiger partial charge on any atom is -0.481 e. The Bertz CT molecular complexity index is 608. The zero-order chi connectivity index (χ0) is 29.7. The van der Waals surface area contributed by atoms with Gasteiger partial charge < -0.3 is 19.8 Å². The number of unbranched alkanes of at least 4 members (excludes halogenated alkanes) is 15. The Morgan fingerprint density at radius 1 is 0.450 bits per heavy atom. The second-order valence-electron chi connectivity index (χ2n) is 11.7. The molecule has 7 heteroatoms. The van der Waals surface area contributed by atoms with E-state index in [1.54, 1.807) is 0 Å². The molecule has 0 aromatic carbocycles. The molecular weight excluding hydrogens is 506 g/mol. The van der Waals surface area contributed by atoms with Crippen LogP contribution in [-0.4, -0.2) is 63.9 Å². The summed E-state index contributed by atoms with van der Waals surface area (Å²) in [5.74, 6) is -2.30. The highest BCUT2D eigenvalue weighted by molar-refractivity contribution is 5.67. The topological polar surface area (TPSA) is 112 Å². The number of hydrogen-bond donors (Lipinski definition) is 3. The Morgan fingerprint density at radius 2 is 0.750 bits per heavy atom. The van der Waals surface area contributed by atoms with Crippen LogP contribution in [0, 0.1) is 0 Å². The second-order valence-corrected chi connectivity index (χ2v) is 11.7. The molecule has 0 bridgehead atoms. The third-order valence-electron chi connectivity index (χ3n) is 7.96. The highest BCUT2D eigenvalue weighted by Crippen LogP contribution is 2.20. The fraction of sp³-hybridized carbons (Fsp3) is 0.848. The molecule has 7 nitrogen and oxygen atoms in total. The number of allylic oxidation sites excluding steroid dienone is 2. The molecule has 0 rings (SSSR count). The van der Waals surface area contributed by atoms with E-state index in [2.05, 4.69) is 19.1 Å². The summed E-state index contributed by atoms with van der Waals surface area (Å²) in [4.78, 5) is 33.0. The standard InChI is InChI=1S/C33H61NO6/c1-2-3-4-5-6-7-8-9-10-11-12-13-14-15-16-20-27-34(28-21-17-24-31(35)36,29-22-18-25-32(37)38)30-23-19-26-33(39)40/h5-6H,2-4,7-30H2,1H3,(H2-,35,36,37,38,39,40)/p+1/b6-5+. The maximum absolute atomic E-state index is 11.0. The van der Waals surface area contributed by atoms with E-state index < -0.39 is 17.9 Å². The number of nitrogens with zero attached hydrogens (tertiary/aromatic N) is 1. The summed E-state index contributed by atoms with van der Waals surface area (Å²) < 4.78 is 0.868. The summed E-state index contributed by atoms with van der Waals surface area (Å²) in [5.41, 5.74) is 0. The van der Waals surface area contributed by atoms with E-state index in [1.165, 1.54) is 83.5 Å².